The average molecular weight is 316 g/mol. The van der Waals surface area contributed by atoms with Crippen molar-refractivity contribution in [2.24, 2.45) is 7.05 Å². The summed E-state index contributed by atoms with van der Waals surface area (Å²) >= 11 is 0. The number of nitro benzene ring substituents is 2. The van der Waals surface area contributed by atoms with E-state index in [0.29, 0.717) is 0 Å². The molecule has 1 heterocycles. The summed E-state index contributed by atoms with van der Waals surface area (Å²) in [4.78, 5) is 46.7. The van der Waals surface area contributed by atoms with Gasteiger partial charge in [-0.15, -0.1) is 0 Å². The second-order valence-corrected chi connectivity index (χ2v) is 4.82. The minimum Gasteiger partial charge on any atom is -0.316 e. The molecule has 0 spiro atoms. The Balaban J connectivity index is 2.74. The Morgan fingerprint density at radius 1 is 1.09 bits per heavy atom. The summed E-state index contributed by atoms with van der Waals surface area (Å²) < 4.78 is 1.02. The van der Waals surface area contributed by atoms with Gasteiger partial charge in [0.15, 0.2) is 0 Å². The summed E-state index contributed by atoms with van der Waals surface area (Å²) in [6.45, 7) is 0. The van der Waals surface area contributed by atoms with Crippen molar-refractivity contribution < 1.29 is 9.85 Å². The number of benzene rings is 2. The number of aromatic amines is 1. The van der Waals surface area contributed by atoms with Crippen LogP contribution in [-0.2, 0) is 7.05 Å². The molecule has 0 saturated heterocycles. The van der Waals surface area contributed by atoms with E-state index in [9.17, 15) is 29.8 Å². The number of aryl methyl sites for hydroxylation is 1. The van der Waals surface area contributed by atoms with Crippen molar-refractivity contribution in [1.29, 1.82) is 0 Å². The van der Waals surface area contributed by atoms with Crippen molar-refractivity contribution in [2.45, 2.75) is 0 Å². The molecule has 3 rings (SSSR count). The zero-order chi connectivity index (χ0) is 16.9. The Morgan fingerprint density at radius 2 is 1.74 bits per heavy atom. The van der Waals surface area contributed by atoms with E-state index in [4.69, 9.17) is 0 Å². The molecule has 0 amide bonds. The van der Waals surface area contributed by atoms with Gasteiger partial charge < -0.3 is 9.55 Å². The van der Waals surface area contributed by atoms with Crippen molar-refractivity contribution in [2.75, 3.05) is 0 Å². The van der Waals surface area contributed by atoms with Crippen LogP contribution in [-0.4, -0.2) is 19.4 Å². The van der Waals surface area contributed by atoms with Gasteiger partial charge in [0.05, 0.1) is 20.9 Å². The van der Waals surface area contributed by atoms with Crippen molar-refractivity contribution in [1.82, 2.24) is 9.55 Å². The number of hydrogen-bond acceptors (Lipinski definition) is 6. The molecule has 1 N–H and O–H groups in total. The van der Waals surface area contributed by atoms with E-state index in [-0.39, 0.29) is 21.8 Å². The maximum Gasteiger partial charge on any atom is 0.316 e. The topological polar surface area (TPSA) is 141 Å². The van der Waals surface area contributed by atoms with Gasteiger partial charge >= 0.3 is 11.1 Å². The van der Waals surface area contributed by atoms with Crippen LogP contribution in [0.1, 0.15) is 0 Å². The van der Waals surface area contributed by atoms with E-state index in [0.717, 1.165) is 16.7 Å². The first-order chi connectivity index (χ1) is 10.8. The van der Waals surface area contributed by atoms with Gasteiger partial charge in [-0.2, -0.15) is 0 Å². The molecule has 0 aliphatic heterocycles. The van der Waals surface area contributed by atoms with Crippen LogP contribution in [0.5, 0.6) is 0 Å². The SMILES string of the molecule is Cn1c(=O)c(=O)[nH]c2cc([N+](=O)[O-])c3c([N+](=O)[O-])cccc3c21. The van der Waals surface area contributed by atoms with Crippen LogP contribution in [0.3, 0.4) is 0 Å². The Bertz CT molecular complexity index is 1130. The molecule has 10 heteroatoms. The third-order valence-electron chi connectivity index (χ3n) is 3.57. The molecule has 0 saturated carbocycles. The predicted molar refractivity (Wildman–Crippen MR) is 80.6 cm³/mol. The quantitative estimate of drug-likeness (QED) is 0.326. The van der Waals surface area contributed by atoms with E-state index in [1.54, 1.807) is 0 Å². The summed E-state index contributed by atoms with van der Waals surface area (Å²) in [5.41, 5.74) is -2.53. The van der Waals surface area contributed by atoms with Gasteiger partial charge in [-0.3, -0.25) is 29.8 Å². The van der Waals surface area contributed by atoms with Crippen LogP contribution in [0, 0.1) is 20.2 Å². The normalized spacial score (nSPS) is 11.0. The van der Waals surface area contributed by atoms with Gasteiger partial charge in [0.25, 0.3) is 11.4 Å². The van der Waals surface area contributed by atoms with E-state index >= 15 is 0 Å². The van der Waals surface area contributed by atoms with Crippen LogP contribution in [0.15, 0.2) is 33.9 Å². The molecule has 0 radical (unpaired) electrons. The van der Waals surface area contributed by atoms with Gasteiger partial charge in [0.2, 0.25) is 0 Å². The van der Waals surface area contributed by atoms with Crippen LogP contribution in [0.4, 0.5) is 11.4 Å². The summed E-state index contributed by atoms with van der Waals surface area (Å²) in [5, 5.41) is 22.4. The van der Waals surface area contributed by atoms with Crippen molar-refractivity contribution >= 4 is 33.2 Å². The Morgan fingerprint density at radius 3 is 2.35 bits per heavy atom. The zero-order valence-electron chi connectivity index (χ0n) is 11.6. The molecular weight excluding hydrogens is 308 g/mol. The van der Waals surface area contributed by atoms with Gasteiger partial charge in [-0.05, 0) is 0 Å². The fourth-order valence-electron chi connectivity index (χ4n) is 2.61. The molecular formula is C13H8N4O6. The highest BCUT2D eigenvalue weighted by atomic mass is 16.6. The monoisotopic (exact) mass is 316 g/mol. The highest BCUT2D eigenvalue weighted by molar-refractivity contribution is 6.12. The molecule has 1 aromatic heterocycles. The van der Waals surface area contributed by atoms with Gasteiger partial charge in [0.1, 0.15) is 5.39 Å². The van der Waals surface area contributed by atoms with Gasteiger partial charge in [0, 0.05) is 24.6 Å². The fraction of sp³-hybridized carbons (Fsp3) is 0.0769. The number of rotatable bonds is 2. The molecule has 0 unspecified atom stereocenters. The Labute approximate surface area is 125 Å². The number of non-ortho nitro benzene ring substituents is 2. The van der Waals surface area contributed by atoms with Crippen LogP contribution < -0.4 is 11.1 Å². The lowest BCUT2D eigenvalue weighted by Crippen LogP contribution is -2.34. The van der Waals surface area contributed by atoms with E-state index in [1.165, 1.54) is 19.2 Å². The lowest BCUT2D eigenvalue weighted by atomic mass is 10.0. The van der Waals surface area contributed by atoms with Crippen LogP contribution in [0.25, 0.3) is 21.8 Å². The molecule has 23 heavy (non-hydrogen) atoms. The minimum absolute atomic E-state index is 0.0526. The number of nitrogens with zero attached hydrogens (tertiary/aromatic N) is 3. The molecule has 0 atom stereocenters. The van der Waals surface area contributed by atoms with Gasteiger partial charge in [-0.25, -0.2) is 0 Å². The number of fused-ring (bicyclic) bond motifs is 3. The second kappa shape index (κ2) is 4.73. The molecule has 0 aliphatic rings. The predicted octanol–water partition coefficient (Wildman–Crippen LogP) is 1.20. The number of aromatic nitrogens is 2. The summed E-state index contributed by atoms with van der Waals surface area (Å²) in [6.07, 6.45) is 0. The van der Waals surface area contributed by atoms with Crippen LogP contribution >= 0.6 is 0 Å². The molecule has 2 aromatic carbocycles. The Hall–Kier alpha value is -3.56. The highest BCUT2D eigenvalue weighted by Crippen LogP contribution is 2.37. The molecule has 0 bridgehead atoms. The van der Waals surface area contributed by atoms with E-state index in [1.807, 2.05) is 0 Å². The second-order valence-electron chi connectivity index (χ2n) is 4.82. The fourth-order valence-corrected chi connectivity index (χ4v) is 2.61. The summed E-state index contributed by atoms with van der Waals surface area (Å²) in [5.74, 6) is 0. The van der Waals surface area contributed by atoms with E-state index < -0.39 is 32.3 Å². The number of H-pyrrole nitrogens is 1. The van der Waals surface area contributed by atoms with Gasteiger partial charge in [-0.1, -0.05) is 12.1 Å². The maximum absolute atomic E-state index is 11.8. The molecule has 0 fully saturated rings. The zero-order valence-corrected chi connectivity index (χ0v) is 11.6. The number of hydrogen-bond donors (Lipinski definition) is 1. The third-order valence-corrected chi connectivity index (χ3v) is 3.57. The average Bonchev–Trinajstić information content (AvgIpc) is 2.50. The first-order valence-electron chi connectivity index (χ1n) is 6.30. The molecule has 10 nitrogen and oxygen atoms in total. The first-order valence-corrected chi connectivity index (χ1v) is 6.30. The largest absolute Gasteiger partial charge is 0.316 e. The van der Waals surface area contributed by atoms with Crippen molar-refractivity contribution in [3.63, 3.8) is 0 Å². The molecule has 0 aliphatic carbocycles. The smallest absolute Gasteiger partial charge is 0.316 e. The highest BCUT2D eigenvalue weighted by Gasteiger charge is 2.25. The summed E-state index contributed by atoms with van der Waals surface area (Å²) in [6, 6.07) is 4.95. The standard InChI is InChI=1S/C13H8N4O6/c1-15-11-6-3-2-4-8(16(20)21)10(6)9(17(22)23)5-7(11)14-12(18)13(15)19/h2-5H,1H3,(H,14,18). The molecule has 3 aromatic rings. The number of nitrogens with one attached hydrogen (secondary N) is 1. The third kappa shape index (κ3) is 1.96. The van der Waals surface area contributed by atoms with Crippen molar-refractivity contribution in [3.05, 3.63) is 65.2 Å². The lowest BCUT2D eigenvalue weighted by Gasteiger charge is -2.08. The first kappa shape index (κ1) is 14.4. The maximum atomic E-state index is 11.8. The number of nitro groups is 2. The minimum atomic E-state index is -0.931. The lowest BCUT2D eigenvalue weighted by molar-refractivity contribution is -0.390. The Kier molecular flexibility index (Phi) is 2.96. The molecule has 116 valence electrons. The van der Waals surface area contributed by atoms with Crippen molar-refractivity contribution in [3.8, 4) is 0 Å². The van der Waals surface area contributed by atoms with E-state index in [2.05, 4.69) is 4.98 Å². The summed E-state index contributed by atoms with van der Waals surface area (Å²) in [7, 11) is 1.32. The van der Waals surface area contributed by atoms with Crippen LogP contribution in [0.2, 0.25) is 0 Å².